The molecule has 0 fully saturated rings. The Balaban J connectivity index is 0.000000179. The van der Waals surface area contributed by atoms with Gasteiger partial charge in [-0.3, -0.25) is 0 Å². The highest BCUT2D eigenvalue weighted by Crippen LogP contribution is 2.36. The van der Waals surface area contributed by atoms with Crippen LogP contribution in [0.4, 0.5) is 17.1 Å². The Morgan fingerprint density at radius 2 is 1.49 bits per heavy atom. The van der Waals surface area contributed by atoms with E-state index in [0.29, 0.717) is 69.9 Å². The summed E-state index contributed by atoms with van der Waals surface area (Å²) in [6.45, 7) is 34.5. The third-order valence-electron chi connectivity index (χ3n) is 8.50. The molecule has 3 N–H and O–H groups in total. The number of thiazole rings is 1. The molecule has 63 heavy (non-hydrogen) atoms. The maximum absolute atomic E-state index is 11.1. The van der Waals surface area contributed by atoms with Crippen LogP contribution in [-0.4, -0.2) is 70.8 Å². The minimum absolute atomic E-state index is 0.00363. The number of tetrazole rings is 1. The third-order valence-corrected chi connectivity index (χ3v) is 9.70. The van der Waals surface area contributed by atoms with Crippen molar-refractivity contribution in [3.8, 4) is 50.3 Å². The van der Waals surface area contributed by atoms with Crippen LogP contribution in [0, 0.1) is 38.0 Å². The first kappa shape index (κ1) is 45.9. The minimum atomic E-state index is -1.04. The zero-order chi connectivity index (χ0) is 45.7. The van der Waals surface area contributed by atoms with Crippen molar-refractivity contribution < 1.29 is 29.3 Å². The van der Waals surface area contributed by atoms with Crippen molar-refractivity contribution in [1.29, 1.82) is 0 Å². The lowest BCUT2D eigenvalue weighted by Crippen LogP contribution is -2.16. The predicted octanol–water partition coefficient (Wildman–Crippen LogP) is 11.0. The second-order valence-electron chi connectivity index (χ2n) is 15.3. The summed E-state index contributed by atoms with van der Waals surface area (Å²) in [5.41, 5.74) is 6.30. The largest absolute Gasteiger partial charge is 0.504 e. The normalized spacial score (nSPS) is 10.5. The monoisotopic (exact) mass is 862 g/mol. The number of aryl methyl sites for hydroxylation is 1. The maximum Gasteiger partial charge on any atom is 0.347 e. The minimum Gasteiger partial charge on any atom is -0.504 e. The first-order valence-electron chi connectivity index (χ1n) is 19.2. The summed E-state index contributed by atoms with van der Waals surface area (Å²) < 4.78 is 12.7. The first-order chi connectivity index (χ1) is 30.1. The molecular formula is C46H42N10O6S. The molecule has 318 valence electrons. The summed E-state index contributed by atoms with van der Waals surface area (Å²) in [6, 6.07) is 25.7. The zero-order valence-corrected chi connectivity index (χ0v) is 36.0. The highest BCUT2D eigenvalue weighted by atomic mass is 32.1. The van der Waals surface area contributed by atoms with Crippen LogP contribution in [0.5, 0.6) is 11.5 Å². The number of aromatic amines is 1. The molecule has 3 heterocycles. The summed E-state index contributed by atoms with van der Waals surface area (Å²) >= 11 is 1.11. The maximum atomic E-state index is 11.1. The standard InChI is InChI=1S/C16H17N3O3.C16H16N2O3S.C14H9N5/c1-16(2,3)10-22-14-6-5-12(7-13(14)17-4)19-9-11(8-18-19)15(20)21;1-9(2)8-21-13-6-5-11(7-12(13)17-4)15-18-10(3)14(22-15)16(19)20;1-15-13-4-2-3-12(9-13)10-5-7-11(8-6-10)14-16-18-19-17-14/h5-9H,10H2,1-3H3,(H,20,21);5-7,9H,8H2,1-3H3,(H,19,20);2-9H,(H,16,17,18,19). The van der Waals surface area contributed by atoms with E-state index in [4.69, 9.17) is 39.4 Å². The van der Waals surface area contributed by atoms with Crippen LogP contribution in [-0.2, 0) is 0 Å². The lowest BCUT2D eigenvalue weighted by molar-refractivity contribution is 0.0688. The van der Waals surface area contributed by atoms with Crippen LogP contribution in [0.1, 0.15) is 60.3 Å². The fourth-order valence-electron chi connectivity index (χ4n) is 5.41. The van der Waals surface area contributed by atoms with Crippen LogP contribution < -0.4 is 9.47 Å². The van der Waals surface area contributed by atoms with Gasteiger partial charge in [-0.15, -0.1) is 21.5 Å². The molecule has 0 amide bonds. The lowest BCUT2D eigenvalue weighted by Gasteiger charge is -2.19. The summed E-state index contributed by atoms with van der Waals surface area (Å²) in [4.78, 5) is 36.9. The molecule has 0 aliphatic rings. The molecule has 7 rings (SSSR count). The SMILES string of the molecule is [C-]#[N+]c1cc(-c2nc(C)c(C(=O)O)s2)ccc1OCC(C)C.[C-]#[N+]c1cc(-n2cc(C(=O)O)cn2)ccc1OCC(C)(C)C.[C-]#[N+]c1cccc(-c2ccc(-c3nn[nH]n3)cc2)c1. The number of carboxylic acids is 2. The summed E-state index contributed by atoms with van der Waals surface area (Å²) in [7, 11) is 0. The van der Waals surface area contributed by atoms with Crippen molar-refractivity contribution in [2.24, 2.45) is 11.3 Å². The van der Waals surface area contributed by atoms with Gasteiger partial charge in [0.05, 0.1) is 56.1 Å². The quantitative estimate of drug-likeness (QED) is 0.105. The van der Waals surface area contributed by atoms with E-state index in [1.165, 1.54) is 17.1 Å². The van der Waals surface area contributed by atoms with E-state index in [2.05, 4.69) is 66.0 Å². The molecule has 17 heteroatoms. The highest BCUT2D eigenvalue weighted by molar-refractivity contribution is 7.17. The van der Waals surface area contributed by atoms with Gasteiger partial charge in [0.15, 0.2) is 5.69 Å². The number of H-pyrrole nitrogens is 1. The number of aromatic carboxylic acids is 2. The van der Waals surface area contributed by atoms with E-state index in [9.17, 15) is 9.59 Å². The van der Waals surface area contributed by atoms with Crippen molar-refractivity contribution in [3.05, 3.63) is 148 Å². The average Bonchev–Trinajstić information content (AvgIpc) is 4.08. The molecule has 16 nitrogen and oxygen atoms in total. The van der Waals surface area contributed by atoms with Crippen LogP contribution in [0.15, 0.2) is 97.3 Å². The molecule has 3 aromatic heterocycles. The Morgan fingerprint density at radius 1 is 0.825 bits per heavy atom. The van der Waals surface area contributed by atoms with Gasteiger partial charge in [0.2, 0.25) is 17.2 Å². The van der Waals surface area contributed by atoms with Crippen LogP contribution in [0.2, 0.25) is 0 Å². The Kier molecular flexibility index (Phi) is 15.2. The summed E-state index contributed by atoms with van der Waals surface area (Å²) in [5.74, 6) is -0.0248. The molecular weight excluding hydrogens is 821 g/mol. The molecule has 0 bridgehead atoms. The van der Waals surface area contributed by atoms with Crippen molar-refractivity contribution >= 4 is 40.3 Å². The van der Waals surface area contributed by atoms with E-state index in [0.717, 1.165) is 33.6 Å². The van der Waals surface area contributed by atoms with E-state index in [-0.39, 0.29) is 15.9 Å². The van der Waals surface area contributed by atoms with Gasteiger partial charge in [0, 0.05) is 17.3 Å². The molecule has 0 radical (unpaired) electrons. The van der Waals surface area contributed by atoms with Gasteiger partial charge in [-0.2, -0.15) is 10.3 Å². The number of hydrogen-bond donors (Lipinski definition) is 3. The Morgan fingerprint density at radius 3 is 2.08 bits per heavy atom. The van der Waals surface area contributed by atoms with Crippen molar-refractivity contribution in [1.82, 2.24) is 35.4 Å². The van der Waals surface area contributed by atoms with Gasteiger partial charge in [0.25, 0.3) is 0 Å². The van der Waals surface area contributed by atoms with Gasteiger partial charge in [-0.05, 0) is 71.0 Å². The van der Waals surface area contributed by atoms with E-state index in [1.54, 1.807) is 49.4 Å². The number of nitrogens with zero attached hydrogens (tertiary/aromatic N) is 9. The van der Waals surface area contributed by atoms with Gasteiger partial charge in [-0.25, -0.2) is 33.8 Å². The van der Waals surface area contributed by atoms with E-state index >= 15 is 0 Å². The molecule has 0 spiro atoms. The fourth-order valence-corrected chi connectivity index (χ4v) is 6.31. The number of carboxylic acid groups (broad SMARTS) is 2. The molecule has 7 aromatic rings. The van der Waals surface area contributed by atoms with Crippen LogP contribution in [0.25, 0.3) is 53.3 Å². The number of benzene rings is 4. The molecule has 0 aliphatic heterocycles. The summed E-state index contributed by atoms with van der Waals surface area (Å²) in [5, 5.41) is 36.4. The molecule has 0 saturated heterocycles. The average molecular weight is 863 g/mol. The second kappa shape index (κ2) is 20.9. The van der Waals surface area contributed by atoms with Crippen LogP contribution >= 0.6 is 11.3 Å². The van der Waals surface area contributed by atoms with Crippen molar-refractivity contribution in [3.63, 3.8) is 0 Å². The van der Waals surface area contributed by atoms with Crippen molar-refractivity contribution in [2.75, 3.05) is 13.2 Å². The van der Waals surface area contributed by atoms with Crippen LogP contribution in [0.3, 0.4) is 0 Å². The molecule has 4 aromatic carbocycles. The number of carbonyl (C=O) groups is 2. The molecule has 0 saturated carbocycles. The summed E-state index contributed by atoms with van der Waals surface area (Å²) in [6.07, 6.45) is 2.67. The fraction of sp³-hybridized carbons (Fsp3) is 0.217. The van der Waals surface area contributed by atoms with Gasteiger partial charge < -0.3 is 19.7 Å². The lowest BCUT2D eigenvalue weighted by atomic mass is 9.99. The smallest absolute Gasteiger partial charge is 0.347 e. The molecule has 0 aliphatic carbocycles. The Hall–Kier alpha value is -8.20. The zero-order valence-electron chi connectivity index (χ0n) is 35.2. The van der Waals surface area contributed by atoms with E-state index in [1.807, 2.05) is 56.3 Å². The highest BCUT2D eigenvalue weighted by Gasteiger charge is 2.17. The number of aromatic nitrogens is 7. The van der Waals surface area contributed by atoms with Gasteiger partial charge in [0.1, 0.15) is 21.4 Å². The van der Waals surface area contributed by atoms with Crippen molar-refractivity contribution in [2.45, 2.75) is 41.5 Å². The molecule has 0 unspecified atom stereocenters. The number of nitrogens with one attached hydrogen (secondary N) is 1. The second-order valence-corrected chi connectivity index (χ2v) is 16.3. The first-order valence-corrected chi connectivity index (χ1v) is 20.0. The Labute approximate surface area is 367 Å². The van der Waals surface area contributed by atoms with Gasteiger partial charge >= 0.3 is 11.9 Å². The predicted molar refractivity (Wildman–Crippen MR) is 239 cm³/mol. The number of hydrogen-bond acceptors (Lipinski definition) is 10. The topological polar surface area (TPSA) is 191 Å². The van der Waals surface area contributed by atoms with Gasteiger partial charge in [-0.1, -0.05) is 83.1 Å². The Bertz CT molecular complexity index is 2810. The number of rotatable bonds is 11. The number of ether oxygens (including phenoxy) is 2. The molecule has 0 atom stereocenters. The van der Waals surface area contributed by atoms with E-state index < -0.39 is 11.9 Å². The third kappa shape index (κ3) is 12.7.